The molecule has 2 aromatic carbocycles. The van der Waals surface area contributed by atoms with Crippen molar-refractivity contribution in [3.8, 4) is 5.75 Å². The Kier molecular flexibility index (Phi) is 8.97. The van der Waals surface area contributed by atoms with Crippen LogP contribution >= 0.6 is 35.5 Å². The van der Waals surface area contributed by atoms with Gasteiger partial charge in [-0.15, -0.1) is 24.2 Å². The molecule has 0 atom stereocenters. The Hall–Kier alpha value is -1.80. The van der Waals surface area contributed by atoms with E-state index in [0.717, 1.165) is 38.1 Å². The molecular formula is C22H28ClN3O2S2. The van der Waals surface area contributed by atoms with Gasteiger partial charge in [0.05, 0.1) is 17.6 Å². The smallest absolute Gasteiger partial charge is 0.239 e. The summed E-state index contributed by atoms with van der Waals surface area (Å²) in [6, 6.07) is 12.2. The van der Waals surface area contributed by atoms with Crippen LogP contribution in [0.1, 0.15) is 11.1 Å². The molecule has 0 fully saturated rings. The first kappa shape index (κ1) is 24.5. The van der Waals surface area contributed by atoms with Crippen LogP contribution in [0.3, 0.4) is 0 Å². The number of ether oxygens (including phenoxy) is 1. The van der Waals surface area contributed by atoms with Crippen LogP contribution in [-0.4, -0.2) is 55.8 Å². The van der Waals surface area contributed by atoms with E-state index in [1.807, 2.05) is 31.1 Å². The largest absolute Gasteiger partial charge is 0.494 e. The van der Waals surface area contributed by atoms with Gasteiger partial charge in [-0.3, -0.25) is 9.69 Å². The standard InChI is InChI=1S/C22H27N3O2S2.ClH/c1-15-6-9-17(10-7-15)28-14-19(26)25(13-12-24(3)4)22-23-20-18(27-5)11-8-16(2)21(20)29-22;/h6-11H,12-14H2,1-5H3;1H. The highest BCUT2D eigenvalue weighted by molar-refractivity contribution is 8.00. The predicted molar refractivity (Wildman–Crippen MR) is 131 cm³/mol. The number of halogens is 1. The summed E-state index contributed by atoms with van der Waals surface area (Å²) in [7, 11) is 5.67. The predicted octanol–water partition coefficient (Wildman–Crippen LogP) is 5.03. The van der Waals surface area contributed by atoms with Crippen LogP contribution in [0, 0.1) is 13.8 Å². The molecule has 1 amide bonds. The Balaban J connectivity index is 0.00000320. The zero-order valence-corrected chi connectivity index (χ0v) is 20.4. The fraction of sp³-hybridized carbons (Fsp3) is 0.364. The number of thiazole rings is 1. The van der Waals surface area contributed by atoms with Gasteiger partial charge in [-0.1, -0.05) is 35.1 Å². The number of carbonyl (C=O) groups excluding carboxylic acids is 1. The van der Waals surface area contributed by atoms with E-state index in [-0.39, 0.29) is 18.3 Å². The molecule has 0 saturated carbocycles. The zero-order chi connectivity index (χ0) is 21.0. The van der Waals surface area contributed by atoms with Crippen molar-refractivity contribution in [3.05, 3.63) is 47.5 Å². The van der Waals surface area contributed by atoms with Crippen LogP contribution in [0.25, 0.3) is 10.2 Å². The number of fused-ring (bicyclic) bond motifs is 1. The third kappa shape index (κ3) is 5.88. The van der Waals surface area contributed by atoms with Crippen molar-refractivity contribution in [2.45, 2.75) is 18.7 Å². The van der Waals surface area contributed by atoms with Crippen molar-refractivity contribution < 1.29 is 9.53 Å². The van der Waals surface area contributed by atoms with Gasteiger partial charge in [0.25, 0.3) is 0 Å². The number of carbonyl (C=O) groups is 1. The number of hydrogen-bond donors (Lipinski definition) is 0. The number of likely N-dealkylation sites (N-methyl/N-ethyl adjacent to an activating group) is 1. The maximum Gasteiger partial charge on any atom is 0.239 e. The van der Waals surface area contributed by atoms with Crippen LogP contribution in [0.5, 0.6) is 5.75 Å². The summed E-state index contributed by atoms with van der Waals surface area (Å²) in [5.74, 6) is 1.18. The van der Waals surface area contributed by atoms with Gasteiger partial charge in [-0.05, 0) is 51.7 Å². The Labute approximate surface area is 192 Å². The molecule has 0 aliphatic rings. The van der Waals surface area contributed by atoms with Crippen molar-refractivity contribution in [1.29, 1.82) is 0 Å². The fourth-order valence-electron chi connectivity index (χ4n) is 2.86. The number of benzene rings is 2. The Morgan fingerprint density at radius 2 is 1.80 bits per heavy atom. The SMILES string of the molecule is COc1ccc(C)c2sc(N(CCN(C)C)C(=O)CSc3ccc(C)cc3)nc12.Cl. The Morgan fingerprint density at radius 3 is 2.43 bits per heavy atom. The van der Waals surface area contributed by atoms with Gasteiger partial charge in [-0.25, -0.2) is 4.98 Å². The Bertz CT molecular complexity index is 990. The number of aryl methyl sites for hydroxylation is 2. The number of amides is 1. The van der Waals surface area contributed by atoms with Gasteiger partial charge in [0, 0.05) is 18.0 Å². The van der Waals surface area contributed by atoms with E-state index in [1.165, 1.54) is 5.56 Å². The van der Waals surface area contributed by atoms with Crippen LogP contribution in [0.15, 0.2) is 41.3 Å². The van der Waals surface area contributed by atoms with Gasteiger partial charge in [-0.2, -0.15) is 0 Å². The average Bonchev–Trinajstić information content (AvgIpc) is 3.14. The molecule has 30 heavy (non-hydrogen) atoms. The maximum absolute atomic E-state index is 13.1. The number of nitrogens with zero attached hydrogens (tertiary/aromatic N) is 3. The summed E-state index contributed by atoms with van der Waals surface area (Å²) >= 11 is 3.11. The number of methoxy groups -OCH3 is 1. The normalized spacial score (nSPS) is 10.9. The van der Waals surface area contributed by atoms with E-state index in [2.05, 4.69) is 43.0 Å². The summed E-state index contributed by atoms with van der Waals surface area (Å²) in [6.45, 7) is 5.49. The first-order chi connectivity index (χ1) is 13.9. The van der Waals surface area contributed by atoms with E-state index < -0.39 is 0 Å². The molecule has 1 aromatic heterocycles. The summed E-state index contributed by atoms with van der Waals surface area (Å²) in [5.41, 5.74) is 3.17. The highest BCUT2D eigenvalue weighted by Gasteiger charge is 2.22. The molecule has 0 unspecified atom stereocenters. The van der Waals surface area contributed by atoms with Crippen molar-refractivity contribution in [2.24, 2.45) is 0 Å². The molecule has 0 aliphatic heterocycles. The number of thioether (sulfide) groups is 1. The lowest BCUT2D eigenvalue weighted by molar-refractivity contribution is -0.116. The van der Waals surface area contributed by atoms with Crippen molar-refractivity contribution in [2.75, 3.05) is 44.9 Å². The summed E-state index contributed by atoms with van der Waals surface area (Å²) < 4.78 is 6.54. The van der Waals surface area contributed by atoms with Crippen LogP contribution in [-0.2, 0) is 4.79 Å². The van der Waals surface area contributed by atoms with Crippen LogP contribution < -0.4 is 9.64 Å². The molecule has 0 N–H and O–H groups in total. The summed E-state index contributed by atoms with van der Waals surface area (Å²) in [6.07, 6.45) is 0. The molecule has 162 valence electrons. The summed E-state index contributed by atoms with van der Waals surface area (Å²) in [4.78, 5) is 22.9. The molecule has 0 radical (unpaired) electrons. The van der Waals surface area contributed by atoms with Gasteiger partial charge in [0.15, 0.2) is 5.13 Å². The fourth-order valence-corrected chi connectivity index (χ4v) is 4.73. The zero-order valence-electron chi connectivity index (χ0n) is 18.0. The lowest BCUT2D eigenvalue weighted by Crippen LogP contribution is -2.37. The number of anilines is 1. The highest BCUT2D eigenvalue weighted by atomic mass is 35.5. The molecule has 8 heteroatoms. The second kappa shape index (κ2) is 11.0. The molecule has 1 heterocycles. The van der Waals surface area contributed by atoms with Crippen molar-refractivity contribution in [3.63, 3.8) is 0 Å². The lowest BCUT2D eigenvalue weighted by atomic mass is 10.2. The Morgan fingerprint density at radius 1 is 1.10 bits per heavy atom. The number of hydrogen-bond acceptors (Lipinski definition) is 6. The van der Waals surface area contributed by atoms with E-state index in [1.54, 1.807) is 30.2 Å². The van der Waals surface area contributed by atoms with Gasteiger partial charge in [0.1, 0.15) is 11.3 Å². The molecule has 3 rings (SSSR count). The maximum atomic E-state index is 13.1. The molecule has 5 nitrogen and oxygen atoms in total. The minimum atomic E-state index is 0. The lowest BCUT2D eigenvalue weighted by Gasteiger charge is -2.21. The summed E-state index contributed by atoms with van der Waals surface area (Å²) in [5, 5.41) is 0.726. The molecule has 0 spiro atoms. The third-order valence-electron chi connectivity index (χ3n) is 4.60. The first-order valence-corrected chi connectivity index (χ1v) is 11.3. The van der Waals surface area contributed by atoms with Gasteiger partial charge < -0.3 is 9.64 Å². The third-order valence-corrected chi connectivity index (χ3v) is 6.81. The number of rotatable bonds is 8. The molecular weight excluding hydrogens is 438 g/mol. The van der Waals surface area contributed by atoms with Gasteiger partial charge in [0.2, 0.25) is 5.91 Å². The molecule has 0 saturated heterocycles. The van der Waals surface area contributed by atoms with Crippen LogP contribution in [0.2, 0.25) is 0 Å². The first-order valence-electron chi connectivity index (χ1n) is 9.47. The van der Waals surface area contributed by atoms with E-state index >= 15 is 0 Å². The minimum absolute atomic E-state index is 0. The second-order valence-electron chi connectivity index (χ2n) is 7.21. The number of aromatic nitrogens is 1. The molecule has 0 aliphatic carbocycles. The van der Waals surface area contributed by atoms with E-state index in [9.17, 15) is 4.79 Å². The van der Waals surface area contributed by atoms with E-state index in [0.29, 0.717) is 12.3 Å². The second-order valence-corrected chi connectivity index (χ2v) is 9.24. The highest BCUT2D eigenvalue weighted by Crippen LogP contribution is 2.36. The molecule has 0 bridgehead atoms. The average molecular weight is 466 g/mol. The van der Waals surface area contributed by atoms with Crippen molar-refractivity contribution in [1.82, 2.24) is 9.88 Å². The topological polar surface area (TPSA) is 45.7 Å². The van der Waals surface area contributed by atoms with Crippen LogP contribution in [0.4, 0.5) is 5.13 Å². The van der Waals surface area contributed by atoms with Gasteiger partial charge >= 0.3 is 0 Å². The molecule has 3 aromatic rings. The minimum Gasteiger partial charge on any atom is -0.494 e. The monoisotopic (exact) mass is 465 g/mol. The van der Waals surface area contributed by atoms with E-state index in [4.69, 9.17) is 9.72 Å². The quantitative estimate of drug-likeness (QED) is 0.436. The van der Waals surface area contributed by atoms with Crippen molar-refractivity contribution >= 4 is 56.8 Å².